The minimum Gasteiger partial charge on any atom is -0.309 e. The maximum absolute atomic E-state index is 2.65. The lowest BCUT2D eigenvalue weighted by Gasteiger charge is -2.34. The summed E-state index contributed by atoms with van der Waals surface area (Å²) >= 11 is 0. The van der Waals surface area contributed by atoms with Gasteiger partial charge in [-0.2, -0.15) is 0 Å². The van der Waals surface area contributed by atoms with Crippen LogP contribution < -0.4 is 4.90 Å². The average molecular weight is 818 g/mol. The van der Waals surface area contributed by atoms with Crippen molar-refractivity contribution < 1.29 is 0 Å². The topological polar surface area (TPSA) is 3.24 Å². The molecule has 1 fully saturated rings. The molecule has 14 rings (SSSR count). The number of fused-ring (bicyclic) bond motifs is 18. The van der Waals surface area contributed by atoms with Gasteiger partial charge in [0.2, 0.25) is 0 Å². The number of rotatable bonds is 4. The SMILES string of the molecule is CC1(C)c2ccccc2-c2cccc(-c3ccccc3N(c3ccc4c(c3)C3(CCCC3)c3ccccc3-4)c3cccc4c3-c3ccccc3C43c4ccccc4-c4ccccc43)c21. The van der Waals surface area contributed by atoms with Crippen LogP contribution in [0.15, 0.2) is 200 Å². The lowest BCUT2D eigenvalue weighted by molar-refractivity contribution is 0.550. The zero-order valence-electron chi connectivity index (χ0n) is 36.3. The second kappa shape index (κ2) is 12.9. The van der Waals surface area contributed by atoms with E-state index in [-0.39, 0.29) is 10.8 Å². The summed E-state index contributed by atoms with van der Waals surface area (Å²) in [7, 11) is 0. The van der Waals surface area contributed by atoms with Gasteiger partial charge in [-0.1, -0.05) is 203 Å². The second-order valence-corrected chi connectivity index (χ2v) is 19.4. The number of hydrogen-bond donors (Lipinski definition) is 0. The molecule has 1 heteroatoms. The van der Waals surface area contributed by atoms with Crippen LogP contribution in [0.3, 0.4) is 0 Å². The van der Waals surface area contributed by atoms with Gasteiger partial charge in [0.25, 0.3) is 0 Å². The van der Waals surface area contributed by atoms with Crippen molar-refractivity contribution in [3.8, 4) is 55.6 Å². The van der Waals surface area contributed by atoms with Gasteiger partial charge in [-0.25, -0.2) is 0 Å². The Kier molecular flexibility index (Phi) is 7.33. The predicted molar refractivity (Wildman–Crippen MR) is 265 cm³/mol. The highest BCUT2D eigenvalue weighted by atomic mass is 15.1. The van der Waals surface area contributed by atoms with Crippen LogP contribution in [-0.2, 0) is 16.2 Å². The van der Waals surface area contributed by atoms with Crippen molar-refractivity contribution in [2.45, 2.75) is 55.8 Å². The molecular formula is C63H47N. The highest BCUT2D eigenvalue weighted by molar-refractivity contribution is 6.03. The van der Waals surface area contributed by atoms with E-state index in [1.807, 2.05) is 0 Å². The van der Waals surface area contributed by atoms with Crippen LogP contribution in [0, 0.1) is 0 Å². The summed E-state index contributed by atoms with van der Waals surface area (Å²) in [5.41, 5.74) is 27.6. The summed E-state index contributed by atoms with van der Waals surface area (Å²) in [4.78, 5) is 2.65. The number of anilines is 3. The maximum atomic E-state index is 2.65. The van der Waals surface area contributed by atoms with Gasteiger partial charge in [0.05, 0.1) is 16.8 Å². The van der Waals surface area contributed by atoms with Crippen molar-refractivity contribution >= 4 is 17.1 Å². The molecule has 0 heterocycles. The van der Waals surface area contributed by atoms with Crippen molar-refractivity contribution in [3.63, 3.8) is 0 Å². The minimum atomic E-state index is -0.441. The van der Waals surface area contributed by atoms with E-state index >= 15 is 0 Å². The van der Waals surface area contributed by atoms with Gasteiger partial charge in [-0.05, 0) is 126 Å². The molecule has 5 aliphatic rings. The Bertz CT molecular complexity index is 3400. The van der Waals surface area contributed by atoms with Crippen molar-refractivity contribution in [1.82, 2.24) is 0 Å². The van der Waals surface area contributed by atoms with Gasteiger partial charge < -0.3 is 4.90 Å². The Labute approximate surface area is 376 Å². The average Bonchev–Trinajstić information content (AvgIpc) is 4.14. The molecule has 9 aromatic rings. The predicted octanol–water partition coefficient (Wildman–Crippen LogP) is 16.3. The third kappa shape index (κ3) is 4.45. The molecular weight excluding hydrogens is 771 g/mol. The number of para-hydroxylation sites is 1. The molecule has 64 heavy (non-hydrogen) atoms. The van der Waals surface area contributed by atoms with Crippen molar-refractivity contribution in [3.05, 3.63) is 245 Å². The molecule has 0 N–H and O–H groups in total. The largest absolute Gasteiger partial charge is 0.309 e. The van der Waals surface area contributed by atoms with Crippen LogP contribution >= 0.6 is 0 Å². The monoisotopic (exact) mass is 817 g/mol. The number of benzene rings is 9. The molecule has 0 amide bonds. The fraction of sp³-hybridized carbons (Fsp3) is 0.143. The highest BCUT2D eigenvalue weighted by Crippen LogP contribution is 2.66. The smallest absolute Gasteiger partial charge is 0.0726 e. The van der Waals surface area contributed by atoms with Crippen molar-refractivity contribution in [1.29, 1.82) is 0 Å². The van der Waals surface area contributed by atoms with E-state index in [0.29, 0.717) is 0 Å². The molecule has 0 radical (unpaired) electrons. The first-order valence-corrected chi connectivity index (χ1v) is 23.3. The molecule has 0 aliphatic heterocycles. The first-order chi connectivity index (χ1) is 31.5. The van der Waals surface area contributed by atoms with Gasteiger partial charge in [0, 0.05) is 27.6 Å². The fourth-order valence-corrected chi connectivity index (χ4v) is 13.8. The standard InChI is InChI=1S/C63H47N/c1-61(2)50-27-9-3-22-44(50)47-25-17-26-48(60(47)61)46-23-8-14-33-57(46)64(40-35-36-45-41-19-4-10-28-51(41)62(56(45)39-40)37-15-16-38-62)58-34-18-32-55-59(58)49-24-7-13-31-54(49)63(55)52-29-11-5-20-42(52)43-21-6-12-30-53(43)63/h3-14,17-36,39H,15-16,37-38H2,1-2H3. The van der Waals surface area contributed by atoms with Crippen LogP contribution in [0.2, 0.25) is 0 Å². The van der Waals surface area contributed by atoms with Gasteiger partial charge >= 0.3 is 0 Å². The summed E-state index contributed by atoms with van der Waals surface area (Å²) in [6.07, 6.45) is 4.91. The number of nitrogens with zero attached hydrogens (tertiary/aromatic N) is 1. The Morgan fingerprint density at radius 3 is 1.45 bits per heavy atom. The molecule has 1 saturated carbocycles. The van der Waals surface area contributed by atoms with Crippen LogP contribution in [0.4, 0.5) is 17.1 Å². The third-order valence-corrected chi connectivity index (χ3v) is 16.2. The fourth-order valence-electron chi connectivity index (χ4n) is 13.8. The van der Waals surface area contributed by atoms with Crippen LogP contribution in [-0.4, -0.2) is 0 Å². The molecule has 0 bridgehead atoms. The quantitative estimate of drug-likeness (QED) is 0.171. The summed E-state index contributed by atoms with van der Waals surface area (Å²) in [5, 5.41) is 0. The Morgan fingerprint density at radius 2 is 0.781 bits per heavy atom. The second-order valence-electron chi connectivity index (χ2n) is 19.4. The zero-order chi connectivity index (χ0) is 42.4. The summed E-state index contributed by atoms with van der Waals surface area (Å²) in [5.74, 6) is 0. The van der Waals surface area contributed by atoms with Crippen LogP contribution in [0.1, 0.15) is 84.0 Å². The van der Waals surface area contributed by atoms with E-state index in [1.54, 1.807) is 0 Å². The molecule has 304 valence electrons. The Morgan fingerprint density at radius 1 is 0.344 bits per heavy atom. The van der Waals surface area contributed by atoms with E-state index < -0.39 is 5.41 Å². The molecule has 5 aliphatic carbocycles. The molecule has 0 saturated heterocycles. The first kappa shape index (κ1) is 36.3. The van der Waals surface area contributed by atoms with Crippen LogP contribution in [0.5, 0.6) is 0 Å². The van der Waals surface area contributed by atoms with Gasteiger partial charge in [-0.15, -0.1) is 0 Å². The van der Waals surface area contributed by atoms with Gasteiger partial charge in [-0.3, -0.25) is 0 Å². The molecule has 0 atom stereocenters. The maximum Gasteiger partial charge on any atom is 0.0726 e. The first-order valence-electron chi connectivity index (χ1n) is 23.3. The van der Waals surface area contributed by atoms with Crippen molar-refractivity contribution in [2.75, 3.05) is 4.90 Å². The van der Waals surface area contributed by atoms with E-state index in [9.17, 15) is 0 Å². The summed E-state index contributed by atoms with van der Waals surface area (Å²) in [6, 6.07) is 76.8. The van der Waals surface area contributed by atoms with Crippen LogP contribution in [0.25, 0.3) is 55.6 Å². The zero-order valence-corrected chi connectivity index (χ0v) is 36.3. The molecule has 1 nitrogen and oxygen atoms in total. The summed E-state index contributed by atoms with van der Waals surface area (Å²) in [6.45, 7) is 4.83. The van der Waals surface area contributed by atoms with E-state index in [0.717, 1.165) is 0 Å². The third-order valence-electron chi connectivity index (χ3n) is 16.2. The van der Waals surface area contributed by atoms with Gasteiger partial charge in [0.1, 0.15) is 0 Å². The molecule has 2 spiro atoms. The Hall–Kier alpha value is -7.22. The van der Waals surface area contributed by atoms with E-state index in [2.05, 4.69) is 219 Å². The van der Waals surface area contributed by atoms with Gasteiger partial charge in [0.15, 0.2) is 0 Å². The minimum absolute atomic E-state index is 0.0374. The van der Waals surface area contributed by atoms with Crippen molar-refractivity contribution in [2.24, 2.45) is 0 Å². The molecule has 0 unspecified atom stereocenters. The normalized spacial score (nSPS) is 16.4. The highest BCUT2D eigenvalue weighted by Gasteiger charge is 2.53. The number of hydrogen-bond acceptors (Lipinski definition) is 1. The molecule has 9 aromatic carbocycles. The summed E-state index contributed by atoms with van der Waals surface area (Å²) < 4.78 is 0. The van der Waals surface area contributed by atoms with E-state index in [1.165, 1.54) is 143 Å². The lowest BCUT2D eigenvalue weighted by atomic mass is 9.70. The van der Waals surface area contributed by atoms with E-state index in [4.69, 9.17) is 0 Å². The molecule has 0 aromatic heterocycles. The Balaban J connectivity index is 1.07. The lowest BCUT2D eigenvalue weighted by Crippen LogP contribution is -2.26.